The van der Waals surface area contributed by atoms with Crippen molar-refractivity contribution < 1.29 is 27.2 Å². The molecule has 1 aliphatic carbocycles. The highest BCUT2D eigenvalue weighted by molar-refractivity contribution is 6.76. The maximum Gasteiger partial charge on any atom is 0.401 e. The summed E-state index contributed by atoms with van der Waals surface area (Å²) < 4.78 is 52.3. The van der Waals surface area contributed by atoms with Gasteiger partial charge in [-0.15, -0.1) is 0 Å². The first-order chi connectivity index (χ1) is 18.4. The van der Waals surface area contributed by atoms with Crippen LogP contribution in [0.5, 0.6) is 0 Å². The van der Waals surface area contributed by atoms with Crippen LogP contribution in [-0.2, 0) is 28.1 Å². The monoisotopic (exact) mass is 558 g/mol. The Balaban J connectivity index is 1.18. The van der Waals surface area contributed by atoms with E-state index < -0.39 is 25.6 Å². The van der Waals surface area contributed by atoms with Crippen LogP contribution in [0.4, 0.5) is 19.0 Å². The van der Waals surface area contributed by atoms with E-state index in [0.717, 1.165) is 17.7 Å². The third kappa shape index (κ3) is 6.03. The minimum Gasteiger partial charge on any atom is -0.361 e. The lowest BCUT2D eigenvalue weighted by molar-refractivity contribution is -0.165. The van der Waals surface area contributed by atoms with Gasteiger partial charge in [0.05, 0.1) is 18.3 Å². The van der Waals surface area contributed by atoms with Gasteiger partial charge < -0.3 is 14.6 Å². The fraction of sp³-hybridized carbons (Fsp3) is 0.423. The summed E-state index contributed by atoms with van der Waals surface area (Å²) in [5.41, 5.74) is 1.32. The number of rotatable bonds is 10. The molecule has 5 rings (SSSR count). The van der Waals surface area contributed by atoms with Crippen LogP contribution in [0.3, 0.4) is 0 Å². The number of nitrogens with zero attached hydrogens (tertiary/aromatic N) is 5. The van der Waals surface area contributed by atoms with Gasteiger partial charge in [-0.1, -0.05) is 49.1 Å². The molecule has 1 aliphatic rings. The van der Waals surface area contributed by atoms with Crippen LogP contribution >= 0.6 is 0 Å². The van der Waals surface area contributed by atoms with Crippen molar-refractivity contribution in [3.05, 3.63) is 54.2 Å². The molecule has 0 saturated heterocycles. The van der Waals surface area contributed by atoms with Crippen LogP contribution in [-0.4, -0.2) is 51.4 Å². The SMILES string of the molecule is C[Si](C)(C)CCOCn1cnc2nc(-c3ccc(CC(=O)Nc4cc(C5(C(F)(F)F)CC5)on4)cc3)cnc21. The molecule has 1 aromatic carbocycles. The molecular formula is C26H29F3N6O3Si. The van der Waals surface area contributed by atoms with Gasteiger partial charge in [-0.3, -0.25) is 9.36 Å². The van der Waals surface area contributed by atoms with E-state index in [4.69, 9.17) is 9.26 Å². The number of hydrogen-bond acceptors (Lipinski definition) is 7. The van der Waals surface area contributed by atoms with Gasteiger partial charge in [0.2, 0.25) is 5.91 Å². The number of imidazole rings is 1. The van der Waals surface area contributed by atoms with Crippen LogP contribution in [0.2, 0.25) is 25.7 Å². The van der Waals surface area contributed by atoms with E-state index in [-0.39, 0.29) is 30.8 Å². The molecule has 1 fully saturated rings. The zero-order chi connectivity index (χ0) is 27.8. The summed E-state index contributed by atoms with van der Waals surface area (Å²) in [6.07, 6.45) is -1.16. The zero-order valence-electron chi connectivity index (χ0n) is 21.9. The molecule has 1 N–H and O–H groups in total. The second-order valence-corrected chi connectivity index (χ2v) is 16.7. The van der Waals surface area contributed by atoms with E-state index in [9.17, 15) is 18.0 Å². The van der Waals surface area contributed by atoms with Gasteiger partial charge in [0.1, 0.15) is 18.5 Å². The van der Waals surface area contributed by atoms with Crippen molar-refractivity contribution in [2.24, 2.45) is 0 Å². The summed E-state index contributed by atoms with van der Waals surface area (Å²) >= 11 is 0. The number of carbonyl (C=O) groups excluding carboxylic acids is 1. The molecular weight excluding hydrogens is 529 g/mol. The lowest BCUT2D eigenvalue weighted by Crippen LogP contribution is -2.28. The van der Waals surface area contributed by atoms with E-state index in [1.807, 2.05) is 16.7 Å². The van der Waals surface area contributed by atoms with Gasteiger partial charge in [-0.05, 0) is 24.4 Å². The quantitative estimate of drug-likeness (QED) is 0.200. The summed E-state index contributed by atoms with van der Waals surface area (Å²) in [4.78, 5) is 25.9. The molecule has 0 unspecified atom stereocenters. The van der Waals surface area contributed by atoms with Crippen LogP contribution in [0.25, 0.3) is 22.6 Å². The maximum atomic E-state index is 13.3. The number of benzene rings is 1. The summed E-state index contributed by atoms with van der Waals surface area (Å²) in [6.45, 7) is 7.98. The average Bonchev–Trinajstić information content (AvgIpc) is 3.41. The largest absolute Gasteiger partial charge is 0.401 e. The summed E-state index contributed by atoms with van der Waals surface area (Å²) in [6, 6.07) is 9.44. The number of alkyl halides is 3. The molecule has 0 spiro atoms. The Morgan fingerprint density at radius 2 is 1.92 bits per heavy atom. The van der Waals surface area contributed by atoms with Gasteiger partial charge in [0.25, 0.3) is 0 Å². The molecule has 39 heavy (non-hydrogen) atoms. The smallest absolute Gasteiger partial charge is 0.361 e. The molecule has 0 atom stereocenters. The number of hydrogen-bond donors (Lipinski definition) is 1. The Morgan fingerprint density at radius 1 is 1.18 bits per heavy atom. The van der Waals surface area contributed by atoms with Crippen molar-refractivity contribution >= 4 is 31.1 Å². The van der Waals surface area contributed by atoms with E-state index in [1.54, 1.807) is 24.7 Å². The van der Waals surface area contributed by atoms with E-state index >= 15 is 0 Å². The molecule has 3 aromatic heterocycles. The molecule has 1 amide bonds. The second kappa shape index (κ2) is 10.2. The van der Waals surface area contributed by atoms with Crippen LogP contribution < -0.4 is 5.32 Å². The molecule has 0 radical (unpaired) electrons. The number of ether oxygens (including phenoxy) is 1. The molecule has 206 valence electrons. The number of carbonyl (C=O) groups is 1. The molecule has 9 nitrogen and oxygen atoms in total. The van der Waals surface area contributed by atoms with Gasteiger partial charge in [0.15, 0.2) is 22.9 Å². The minimum atomic E-state index is -4.41. The van der Waals surface area contributed by atoms with Gasteiger partial charge in [-0.25, -0.2) is 15.0 Å². The number of fused-ring (bicyclic) bond motifs is 1. The number of halogens is 3. The molecule has 13 heteroatoms. The average molecular weight is 559 g/mol. The Labute approximate surface area is 223 Å². The lowest BCUT2D eigenvalue weighted by Gasteiger charge is -2.15. The number of amides is 1. The van der Waals surface area contributed by atoms with Gasteiger partial charge >= 0.3 is 6.18 Å². The highest BCUT2D eigenvalue weighted by Crippen LogP contribution is 2.59. The normalized spacial score (nSPS) is 15.0. The Hall–Kier alpha value is -3.58. The molecule has 0 bridgehead atoms. The number of nitrogens with one attached hydrogen (secondary N) is 1. The minimum absolute atomic E-state index is 0.0136. The third-order valence-corrected chi connectivity index (χ3v) is 8.41. The predicted molar refractivity (Wildman–Crippen MR) is 141 cm³/mol. The van der Waals surface area contributed by atoms with E-state index in [1.165, 1.54) is 0 Å². The van der Waals surface area contributed by atoms with Crippen molar-refractivity contribution in [2.75, 3.05) is 11.9 Å². The molecule has 1 saturated carbocycles. The van der Waals surface area contributed by atoms with Crippen LogP contribution in [0.1, 0.15) is 24.2 Å². The van der Waals surface area contributed by atoms with Gasteiger partial charge in [-0.2, -0.15) is 13.2 Å². The second-order valence-electron chi connectivity index (χ2n) is 11.0. The first-order valence-corrected chi connectivity index (χ1v) is 16.3. The van der Waals surface area contributed by atoms with Crippen molar-refractivity contribution in [3.8, 4) is 11.3 Å². The van der Waals surface area contributed by atoms with Crippen molar-refractivity contribution in [1.82, 2.24) is 24.7 Å². The van der Waals surface area contributed by atoms with E-state index in [0.29, 0.717) is 35.9 Å². The van der Waals surface area contributed by atoms with Gasteiger partial charge in [0, 0.05) is 26.3 Å². The highest BCUT2D eigenvalue weighted by Gasteiger charge is 2.66. The standard InChI is InChI=1S/C26H29F3N6O3Si/c1-39(2,3)11-10-37-16-35-15-31-23-24(35)30-14-19(32-23)18-6-4-17(5-7-18)12-22(36)33-21-13-20(38-34-21)25(8-9-25)26(27,28)29/h4-7,13-15H,8-12,16H2,1-3H3,(H,33,34,36). The Kier molecular flexibility index (Phi) is 7.05. The topological polar surface area (TPSA) is 108 Å². The third-order valence-electron chi connectivity index (χ3n) is 6.71. The fourth-order valence-corrected chi connectivity index (χ4v) is 4.89. The van der Waals surface area contributed by atoms with Crippen molar-refractivity contribution in [2.45, 2.75) is 63.3 Å². The Bertz CT molecular complexity index is 1470. The van der Waals surface area contributed by atoms with Crippen molar-refractivity contribution in [1.29, 1.82) is 0 Å². The van der Waals surface area contributed by atoms with Crippen LogP contribution in [0.15, 0.2) is 47.4 Å². The van der Waals surface area contributed by atoms with Crippen LogP contribution in [0, 0.1) is 0 Å². The molecule has 3 heterocycles. The first-order valence-electron chi connectivity index (χ1n) is 12.6. The number of anilines is 1. The number of aromatic nitrogens is 5. The summed E-state index contributed by atoms with van der Waals surface area (Å²) in [5, 5.41) is 6.10. The highest BCUT2D eigenvalue weighted by atomic mass is 28.3. The fourth-order valence-electron chi connectivity index (χ4n) is 4.14. The Morgan fingerprint density at radius 3 is 2.59 bits per heavy atom. The predicted octanol–water partition coefficient (Wildman–Crippen LogP) is 5.57. The van der Waals surface area contributed by atoms with E-state index in [2.05, 4.69) is 45.1 Å². The lowest BCUT2D eigenvalue weighted by atomic mass is 10.0. The molecule has 0 aliphatic heterocycles. The summed E-state index contributed by atoms with van der Waals surface area (Å²) in [7, 11) is -1.16. The maximum absolute atomic E-state index is 13.3. The molecule has 4 aromatic rings. The first kappa shape index (κ1) is 27.0. The summed E-state index contributed by atoms with van der Waals surface area (Å²) in [5.74, 6) is -0.725. The zero-order valence-corrected chi connectivity index (χ0v) is 22.9. The van der Waals surface area contributed by atoms with Crippen molar-refractivity contribution in [3.63, 3.8) is 0 Å².